The van der Waals surface area contributed by atoms with Gasteiger partial charge >= 0.3 is 0 Å². The number of rotatable bonds is 10. The predicted octanol–water partition coefficient (Wildman–Crippen LogP) is 1.78. The number of amides is 2. The number of para-hydroxylation sites is 1. The summed E-state index contributed by atoms with van der Waals surface area (Å²) in [5.41, 5.74) is 0.707. The zero-order valence-corrected chi connectivity index (χ0v) is 15.0. The molecular formula is C18H29N3O3. The summed E-state index contributed by atoms with van der Waals surface area (Å²) in [6, 6.07) is 8.19. The Balaban J connectivity index is 2.51. The van der Waals surface area contributed by atoms with Crippen molar-refractivity contribution in [3.05, 3.63) is 30.3 Å². The molecule has 134 valence electrons. The molecule has 0 aliphatic heterocycles. The first-order valence-electron chi connectivity index (χ1n) is 8.43. The Bertz CT molecular complexity index is 505. The van der Waals surface area contributed by atoms with Crippen LogP contribution < -0.4 is 16.0 Å². The van der Waals surface area contributed by atoms with E-state index in [0.29, 0.717) is 25.4 Å². The Hall–Kier alpha value is -1.92. The molecule has 1 aromatic rings. The van der Waals surface area contributed by atoms with Gasteiger partial charge in [0.15, 0.2) is 0 Å². The lowest BCUT2D eigenvalue weighted by molar-refractivity contribution is -0.128. The summed E-state index contributed by atoms with van der Waals surface area (Å²) in [6.07, 6.45) is 0. The summed E-state index contributed by atoms with van der Waals surface area (Å²) in [5, 5.41) is 8.73. The van der Waals surface area contributed by atoms with Crippen molar-refractivity contribution in [3.63, 3.8) is 0 Å². The predicted molar refractivity (Wildman–Crippen MR) is 95.8 cm³/mol. The second-order valence-corrected chi connectivity index (χ2v) is 5.96. The Morgan fingerprint density at radius 2 is 1.75 bits per heavy atom. The SMILES string of the molecule is CCOCCN[C@@H](C(=O)N[C@@H](C)C(=O)Nc1ccccc1)C(C)C. The fourth-order valence-corrected chi connectivity index (χ4v) is 2.20. The molecule has 0 saturated heterocycles. The molecule has 3 N–H and O–H groups in total. The van der Waals surface area contributed by atoms with Crippen LogP contribution in [0, 0.1) is 5.92 Å². The van der Waals surface area contributed by atoms with E-state index in [2.05, 4.69) is 16.0 Å². The van der Waals surface area contributed by atoms with Crippen LogP contribution in [-0.4, -0.2) is 43.7 Å². The highest BCUT2D eigenvalue weighted by molar-refractivity contribution is 5.97. The molecule has 2 amide bonds. The molecule has 0 heterocycles. The van der Waals surface area contributed by atoms with E-state index in [1.165, 1.54) is 0 Å². The number of anilines is 1. The topological polar surface area (TPSA) is 79.5 Å². The minimum Gasteiger partial charge on any atom is -0.380 e. The van der Waals surface area contributed by atoms with Crippen molar-refractivity contribution in [1.82, 2.24) is 10.6 Å². The van der Waals surface area contributed by atoms with E-state index in [0.717, 1.165) is 0 Å². The van der Waals surface area contributed by atoms with E-state index in [4.69, 9.17) is 4.74 Å². The smallest absolute Gasteiger partial charge is 0.246 e. The first-order chi connectivity index (χ1) is 11.5. The van der Waals surface area contributed by atoms with Crippen LogP contribution in [0.5, 0.6) is 0 Å². The van der Waals surface area contributed by atoms with Crippen molar-refractivity contribution in [2.45, 2.75) is 39.8 Å². The van der Waals surface area contributed by atoms with Gasteiger partial charge in [0, 0.05) is 18.8 Å². The molecule has 6 nitrogen and oxygen atoms in total. The molecule has 0 aromatic heterocycles. The molecule has 1 rings (SSSR count). The van der Waals surface area contributed by atoms with Gasteiger partial charge < -0.3 is 20.7 Å². The van der Waals surface area contributed by atoms with Crippen LogP contribution >= 0.6 is 0 Å². The third-order valence-corrected chi connectivity index (χ3v) is 3.56. The van der Waals surface area contributed by atoms with Crippen molar-refractivity contribution in [3.8, 4) is 0 Å². The number of benzene rings is 1. The molecule has 0 spiro atoms. The zero-order chi connectivity index (χ0) is 17.9. The van der Waals surface area contributed by atoms with Gasteiger partial charge in [0.05, 0.1) is 12.6 Å². The number of ether oxygens (including phenoxy) is 1. The number of hydrogen-bond acceptors (Lipinski definition) is 4. The number of nitrogens with one attached hydrogen (secondary N) is 3. The molecule has 2 atom stereocenters. The quantitative estimate of drug-likeness (QED) is 0.570. The van der Waals surface area contributed by atoms with Gasteiger partial charge in [-0.2, -0.15) is 0 Å². The van der Waals surface area contributed by atoms with Crippen LogP contribution in [-0.2, 0) is 14.3 Å². The molecule has 0 fully saturated rings. The molecule has 0 unspecified atom stereocenters. The summed E-state index contributed by atoms with van der Waals surface area (Å²) >= 11 is 0. The van der Waals surface area contributed by atoms with Gasteiger partial charge in [0.2, 0.25) is 11.8 Å². The fraction of sp³-hybridized carbons (Fsp3) is 0.556. The maximum atomic E-state index is 12.4. The number of carbonyl (C=O) groups excluding carboxylic acids is 2. The van der Waals surface area contributed by atoms with Crippen LogP contribution in [0.1, 0.15) is 27.7 Å². The molecule has 0 aliphatic rings. The summed E-state index contributed by atoms with van der Waals surface area (Å²) in [4.78, 5) is 24.6. The summed E-state index contributed by atoms with van der Waals surface area (Å²) < 4.78 is 5.27. The summed E-state index contributed by atoms with van der Waals surface area (Å²) in [5.74, 6) is -0.320. The normalized spacial score (nSPS) is 13.4. The molecule has 24 heavy (non-hydrogen) atoms. The fourth-order valence-electron chi connectivity index (χ4n) is 2.20. The Morgan fingerprint density at radius 1 is 1.08 bits per heavy atom. The van der Waals surface area contributed by atoms with Crippen molar-refractivity contribution in [2.24, 2.45) is 5.92 Å². The minimum absolute atomic E-state index is 0.107. The van der Waals surface area contributed by atoms with E-state index in [-0.39, 0.29) is 23.8 Å². The maximum absolute atomic E-state index is 12.4. The first-order valence-corrected chi connectivity index (χ1v) is 8.43. The van der Waals surface area contributed by atoms with E-state index < -0.39 is 6.04 Å². The summed E-state index contributed by atoms with van der Waals surface area (Å²) in [6.45, 7) is 9.33. The van der Waals surface area contributed by atoms with Crippen LogP contribution in [0.25, 0.3) is 0 Å². The van der Waals surface area contributed by atoms with Crippen LogP contribution in [0.3, 0.4) is 0 Å². The third-order valence-electron chi connectivity index (χ3n) is 3.56. The standard InChI is InChI=1S/C18H29N3O3/c1-5-24-12-11-19-16(13(2)3)18(23)20-14(4)17(22)21-15-9-7-6-8-10-15/h6-10,13-14,16,19H,5,11-12H2,1-4H3,(H,20,23)(H,21,22)/t14-,16+/m0/s1. The highest BCUT2D eigenvalue weighted by Gasteiger charge is 2.24. The van der Waals surface area contributed by atoms with E-state index >= 15 is 0 Å². The summed E-state index contributed by atoms with van der Waals surface area (Å²) in [7, 11) is 0. The zero-order valence-electron chi connectivity index (χ0n) is 15.0. The van der Waals surface area contributed by atoms with Crippen molar-refractivity contribution in [1.29, 1.82) is 0 Å². The largest absolute Gasteiger partial charge is 0.380 e. The van der Waals surface area contributed by atoms with Gasteiger partial charge in [0.1, 0.15) is 6.04 Å². The highest BCUT2D eigenvalue weighted by atomic mass is 16.5. The second kappa shape index (κ2) is 10.8. The molecule has 0 radical (unpaired) electrons. The first kappa shape index (κ1) is 20.1. The number of carbonyl (C=O) groups is 2. The number of hydrogen-bond donors (Lipinski definition) is 3. The molecule has 0 bridgehead atoms. The molecule has 6 heteroatoms. The van der Waals surface area contributed by atoms with Crippen molar-refractivity contribution >= 4 is 17.5 Å². The molecule has 0 aliphatic carbocycles. The molecule has 1 aromatic carbocycles. The lowest BCUT2D eigenvalue weighted by Gasteiger charge is -2.23. The molecular weight excluding hydrogens is 306 g/mol. The van der Waals surface area contributed by atoms with Crippen LogP contribution in [0.2, 0.25) is 0 Å². The van der Waals surface area contributed by atoms with Crippen LogP contribution in [0.15, 0.2) is 30.3 Å². The van der Waals surface area contributed by atoms with Crippen molar-refractivity contribution in [2.75, 3.05) is 25.1 Å². The average molecular weight is 335 g/mol. The van der Waals surface area contributed by atoms with Crippen LogP contribution in [0.4, 0.5) is 5.69 Å². The molecule has 0 saturated carbocycles. The van der Waals surface area contributed by atoms with Gasteiger partial charge in [-0.1, -0.05) is 32.0 Å². The maximum Gasteiger partial charge on any atom is 0.246 e. The van der Waals surface area contributed by atoms with E-state index in [1.54, 1.807) is 19.1 Å². The Kier molecular flexibility index (Phi) is 9.04. The average Bonchev–Trinajstić information content (AvgIpc) is 2.55. The van der Waals surface area contributed by atoms with Gasteiger partial charge in [-0.15, -0.1) is 0 Å². The second-order valence-electron chi connectivity index (χ2n) is 5.96. The highest BCUT2D eigenvalue weighted by Crippen LogP contribution is 2.06. The lowest BCUT2D eigenvalue weighted by atomic mass is 10.0. The van der Waals surface area contributed by atoms with Gasteiger partial charge in [-0.3, -0.25) is 9.59 Å². The van der Waals surface area contributed by atoms with Gasteiger partial charge in [-0.05, 0) is 31.9 Å². The Labute approximate surface area is 144 Å². The Morgan fingerprint density at radius 3 is 2.33 bits per heavy atom. The third kappa shape index (κ3) is 7.10. The van der Waals surface area contributed by atoms with Gasteiger partial charge in [0.25, 0.3) is 0 Å². The van der Waals surface area contributed by atoms with Gasteiger partial charge in [-0.25, -0.2) is 0 Å². The monoisotopic (exact) mass is 335 g/mol. The lowest BCUT2D eigenvalue weighted by Crippen LogP contribution is -2.52. The van der Waals surface area contributed by atoms with Crippen molar-refractivity contribution < 1.29 is 14.3 Å². The van der Waals surface area contributed by atoms with E-state index in [1.807, 2.05) is 39.0 Å². The van der Waals surface area contributed by atoms with E-state index in [9.17, 15) is 9.59 Å². The minimum atomic E-state index is -0.618.